The molecular weight excluding hydrogens is 1170 g/mol. The molecule has 19 rings (SSSR count). The van der Waals surface area contributed by atoms with Crippen LogP contribution in [0.3, 0.4) is 0 Å². The standard InChI is InChI=1S/C90H60N6/c1-90(2)78-55-68(95-82-46-38-61(57-22-8-3-9-23-57)51-75(82)76-53-64(41-48-83(76)95)63-40-47-81-74(52-63)73-34-18-19-36-80(73)94(81)67-32-16-7-17-33-67)42-44-71(78)72-45-43-69(56-79(72)90)96-84-49-39-62(58-24-10-4-11-25-58)54-77(84)86-70(35-21-37-85(86)96)65-30-20-31-66(50-65)89-92-87(59-26-12-5-13-27-59)91-88(93-89)60-28-14-6-15-29-60/h3-56H,1-2H3. The Morgan fingerprint density at radius 2 is 0.583 bits per heavy atom. The highest BCUT2D eigenvalue weighted by Gasteiger charge is 2.37. The summed E-state index contributed by atoms with van der Waals surface area (Å²) < 4.78 is 7.37. The van der Waals surface area contributed by atoms with Crippen LogP contribution in [0.15, 0.2) is 328 Å². The Hall–Kier alpha value is -12.5. The molecule has 0 spiro atoms. The van der Waals surface area contributed by atoms with Gasteiger partial charge in [0.15, 0.2) is 17.5 Å². The Bertz CT molecular complexity index is 6080. The van der Waals surface area contributed by atoms with Crippen LogP contribution in [0.2, 0.25) is 0 Å². The van der Waals surface area contributed by atoms with Gasteiger partial charge in [0.25, 0.3) is 0 Å². The third-order valence-electron chi connectivity index (χ3n) is 20.1. The molecule has 1 aliphatic rings. The quantitative estimate of drug-likeness (QED) is 0.137. The van der Waals surface area contributed by atoms with Crippen molar-refractivity contribution in [3.8, 4) is 107 Å². The number of benzene rings is 14. The Kier molecular flexibility index (Phi) is 12.5. The minimum absolute atomic E-state index is 0.341. The Morgan fingerprint density at radius 3 is 1.11 bits per heavy atom. The molecule has 0 saturated carbocycles. The van der Waals surface area contributed by atoms with E-state index < -0.39 is 0 Å². The lowest BCUT2D eigenvalue weighted by Crippen LogP contribution is -2.16. The third-order valence-corrected chi connectivity index (χ3v) is 20.1. The number of hydrogen-bond donors (Lipinski definition) is 0. The number of aromatic nitrogens is 6. The molecule has 6 heteroatoms. The summed E-state index contributed by atoms with van der Waals surface area (Å²) in [6, 6.07) is 119. The first kappa shape index (κ1) is 55.2. The van der Waals surface area contributed by atoms with Crippen LogP contribution in [-0.4, -0.2) is 28.7 Å². The van der Waals surface area contributed by atoms with E-state index in [1.54, 1.807) is 0 Å². The van der Waals surface area contributed by atoms with Gasteiger partial charge >= 0.3 is 0 Å². The normalized spacial score (nSPS) is 12.6. The molecule has 0 fully saturated rings. The summed E-state index contributed by atoms with van der Waals surface area (Å²) in [6.07, 6.45) is 0. The van der Waals surface area contributed by atoms with Gasteiger partial charge in [0.1, 0.15) is 0 Å². The van der Waals surface area contributed by atoms with E-state index in [4.69, 9.17) is 15.0 Å². The molecule has 450 valence electrons. The second-order valence-corrected chi connectivity index (χ2v) is 25.9. The van der Waals surface area contributed by atoms with Crippen molar-refractivity contribution in [1.29, 1.82) is 0 Å². The lowest BCUT2D eigenvalue weighted by molar-refractivity contribution is 0.659. The predicted octanol–water partition coefficient (Wildman–Crippen LogP) is 23.1. The number of rotatable bonds is 10. The van der Waals surface area contributed by atoms with E-state index in [9.17, 15) is 0 Å². The van der Waals surface area contributed by atoms with Crippen molar-refractivity contribution in [3.63, 3.8) is 0 Å². The summed E-state index contributed by atoms with van der Waals surface area (Å²) >= 11 is 0. The fourth-order valence-corrected chi connectivity index (χ4v) is 15.5. The van der Waals surface area contributed by atoms with E-state index in [1.807, 2.05) is 36.4 Å². The van der Waals surface area contributed by atoms with Crippen molar-refractivity contribution >= 4 is 65.4 Å². The van der Waals surface area contributed by atoms with Gasteiger partial charge in [-0.25, -0.2) is 15.0 Å². The van der Waals surface area contributed by atoms with Crippen molar-refractivity contribution in [3.05, 3.63) is 339 Å². The van der Waals surface area contributed by atoms with Crippen molar-refractivity contribution in [2.75, 3.05) is 0 Å². The maximum absolute atomic E-state index is 5.15. The highest BCUT2D eigenvalue weighted by atomic mass is 15.0. The van der Waals surface area contributed by atoms with Gasteiger partial charge in [-0.3, -0.25) is 0 Å². The molecule has 1 aliphatic carbocycles. The second kappa shape index (κ2) is 21.8. The summed E-state index contributed by atoms with van der Waals surface area (Å²) in [6.45, 7) is 4.82. The highest BCUT2D eigenvalue weighted by Crippen LogP contribution is 2.52. The summed E-state index contributed by atoms with van der Waals surface area (Å²) in [7, 11) is 0. The molecule has 14 aromatic carbocycles. The van der Waals surface area contributed by atoms with Gasteiger partial charge in [0, 0.05) is 71.5 Å². The summed E-state index contributed by atoms with van der Waals surface area (Å²) in [5.41, 5.74) is 27.3. The Balaban J connectivity index is 0.731. The minimum Gasteiger partial charge on any atom is -0.309 e. The molecule has 0 N–H and O–H groups in total. The zero-order chi connectivity index (χ0) is 63.6. The maximum atomic E-state index is 5.15. The van der Waals surface area contributed by atoms with Gasteiger partial charge in [-0.05, 0) is 170 Å². The lowest BCUT2D eigenvalue weighted by Gasteiger charge is -2.23. The molecular formula is C90H60N6. The molecule has 96 heavy (non-hydrogen) atoms. The number of para-hydroxylation sites is 2. The molecule has 4 aromatic heterocycles. The maximum Gasteiger partial charge on any atom is 0.164 e. The van der Waals surface area contributed by atoms with E-state index >= 15 is 0 Å². The molecule has 0 atom stereocenters. The topological polar surface area (TPSA) is 53.5 Å². The lowest BCUT2D eigenvalue weighted by atomic mass is 9.82. The molecule has 18 aromatic rings. The molecule has 4 heterocycles. The first-order chi connectivity index (χ1) is 47.3. The Morgan fingerprint density at radius 1 is 0.219 bits per heavy atom. The average Bonchev–Trinajstić information content (AvgIpc) is 1.56. The van der Waals surface area contributed by atoms with Gasteiger partial charge in [0.05, 0.1) is 33.1 Å². The van der Waals surface area contributed by atoms with Crippen LogP contribution < -0.4 is 0 Å². The van der Waals surface area contributed by atoms with Crippen LogP contribution in [0, 0.1) is 0 Å². The van der Waals surface area contributed by atoms with E-state index in [0.29, 0.717) is 17.5 Å². The number of fused-ring (bicyclic) bond motifs is 12. The van der Waals surface area contributed by atoms with Crippen molar-refractivity contribution in [2.45, 2.75) is 19.3 Å². The molecule has 0 unspecified atom stereocenters. The summed E-state index contributed by atoms with van der Waals surface area (Å²) in [5.74, 6) is 1.89. The van der Waals surface area contributed by atoms with Crippen molar-refractivity contribution in [2.24, 2.45) is 0 Å². The third kappa shape index (κ3) is 8.83. The van der Waals surface area contributed by atoms with Crippen LogP contribution in [0.5, 0.6) is 0 Å². The van der Waals surface area contributed by atoms with Gasteiger partial charge < -0.3 is 13.7 Å². The first-order valence-electron chi connectivity index (χ1n) is 33.0. The molecule has 0 radical (unpaired) electrons. The molecule has 0 saturated heterocycles. The van der Waals surface area contributed by atoms with Crippen LogP contribution >= 0.6 is 0 Å². The van der Waals surface area contributed by atoms with Gasteiger partial charge in [-0.2, -0.15) is 0 Å². The van der Waals surface area contributed by atoms with Crippen LogP contribution in [0.25, 0.3) is 172 Å². The largest absolute Gasteiger partial charge is 0.309 e. The van der Waals surface area contributed by atoms with Crippen LogP contribution in [0.4, 0.5) is 0 Å². The predicted molar refractivity (Wildman–Crippen MR) is 398 cm³/mol. The van der Waals surface area contributed by atoms with E-state index in [2.05, 4.69) is 319 Å². The zero-order valence-electron chi connectivity index (χ0n) is 52.9. The van der Waals surface area contributed by atoms with Crippen LogP contribution in [0.1, 0.15) is 25.0 Å². The first-order valence-corrected chi connectivity index (χ1v) is 33.0. The monoisotopic (exact) mass is 1220 g/mol. The number of nitrogens with zero attached hydrogens (tertiary/aromatic N) is 6. The van der Waals surface area contributed by atoms with Crippen molar-refractivity contribution < 1.29 is 0 Å². The van der Waals surface area contributed by atoms with E-state index in [-0.39, 0.29) is 5.41 Å². The van der Waals surface area contributed by atoms with E-state index in [0.717, 1.165) is 55.9 Å². The SMILES string of the molecule is CC1(C)c2cc(-n3c4ccc(-c5ccccc5)cc4c4cc(-c5ccc6c(c5)c5ccccc5n6-c5ccccc5)ccc43)ccc2-c2ccc(-n3c4ccc(-c5ccccc5)cc4c4c(-c5cccc(-c6nc(-c7ccccc7)nc(-c7ccccc7)n6)c5)cccc43)cc21. The fourth-order valence-electron chi connectivity index (χ4n) is 15.5. The summed E-state index contributed by atoms with van der Waals surface area (Å²) in [4.78, 5) is 15.3. The van der Waals surface area contributed by atoms with E-state index in [1.165, 1.54) is 110 Å². The molecule has 6 nitrogen and oxygen atoms in total. The fraction of sp³-hybridized carbons (Fsp3) is 0.0333. The molecule has 0 aliphatic heterocycles. The Labute approximate surface area is 555 Å². The van der Waals surface area contributed by atoms with Gasteiger partial charge in [-0.15, -0.1) is 0 Å². The zero-order valence-corrected chi connectivity index (χ0v) is 52.9. The second-order valence-electron chi connectivity index (χ2n) is 25.9. The summed E-state index contributed by atoms with van der Waals surface area (Å²) in [5, 5.41) is 7.29. The highest BCUT2D eigenvalue weighted by molar-refractivity contribution is 6.17. The average molecular weight is 1230 g/mol. The minimum atomic E-state index is -0.341. The van der Waals surface area contributed by atoms with Gasteiger partial charge in [0.2, 0.25) is 0 Å². The smallest absolute Gasteiger partial charge is 0.164 e. The molecule has 0 amide bonds. The van der Waals surface area contributed by atoms with Gasteiger partial charge in [-0.1, -0.05) is 238 Å². The molecule has 0 bridgehead atoms. The van der Waals surface area contributed by atoms with Crippen molar-refractivity contribution in [1.82, 2.24) is 28.7 Å². The number of hydrogen-bond acceptors (Lipinski definition) is 3. The van der Waals surface area contributed by atoms with Crippen LogP contribution in [-0.2, 0) is 5.41 Å².